The first-order valence-electron chi connectivity index (χ1n) is 8.45. The topological polar surface area (TPSA) is 73.1 Å². The molecule has 0 N–H and O–H groups in total. The minimum absolute atomic E-state index is 0.0675. The maximum atomic E-state index is 11.9. The molecule has 1 amide bonds. The number of likely N-dealkylation sites (N-methyl/N-ethyl adjacent to an activating group) is 1. The molecule has 2 aromatic heterocycles. The molecule has 0 atom stereocenters. The third-order valence-electron chi connectivity index (χ3n) is 4.37. The second-order valence-corrected chi connectivity index (χ2v) is 6.47. The van der Waals surface area contributed by atoms with Crippen LogP contribution < -0.4 is 9.64 Å². The summed E-state index contributed by atoms with van der Waals surface area (Å²) >= 11 is 0. The Kier molecular flexibility index (Phi) is 3.91. The van der Waals surface area contributed by atoms with E-state index < -0.39 is 0 Å². The smallest absolute Gasteiger partial charge is 0.264 e. The summed E-state index contributed by atoms with van der Waals surface area (Å²) in [5.41, 5.74) is 2.38. The van der Waals surface area contributed by atoms with Gasteiger partial charge in [0.05, 0.1) is 5.69 Å². The minimum atomic E-state index is -0.0714. The predicted molar refractivity (Wildman–Crippen MR) is 97.6 cm³/mol. The second-order valence-electron chi connectivity index (χ2n) is 6.47. The Morgan fingerprint density at radius 2 is 2.00 bits per heavy atom. The van der Waals surface area contributed by atoms with Crippen molar-refractivity contribution < 1.29 is 9.53 Å². The molecule has 7 heteroatoms. The highest BCUT2D eigenvalue weighted by atomic mass is 16.5. The molecule has 4 rings (SSSR count). The van der Waals surface area contributed by atoms with Gasteiger partial charge in [-0.15, -0.1) is 0 Å². The van der Waals surface area contributed by atoms with Gasteiger partial charge in [-0.1, -0.05) is 13.8 Å². The molecule has 0 unspecified atom stereocenters. The van der Waals surface area contributed by atoms with Gasteiger partial charge in [0.1, 0.15) is 17.3 Å². The molecule has 0 fully saturated rings. The van der Waals surface area contributed by atoms with Crippen molar-refractivity contribution in [2.75, 3.05) is 18.6 Å². The molecule has 1 aromatic carbocycles. The van der Waals surface area contributed by atoms with E-state index in [-0.39, 0.29) is 18.4 Å². The van der Waals surface area contributed by atoms with Crippen LogP contribution >= 0.6 is 0 Å². The van der Waals surface area contributed by atoms with Crippen LogP contribution in [0.4, 0.5) is 5.69 Å². The SMILES string of the molecule is CC(C)c1nccc(-c2nccn2-c2ccc3c(c2)N(C)C(=O)CO3)n1. The lowest BCUT2D eigenvalue weighted by atomic mass is 10.2. The van der Waals surface area contributed by atoms with Crippen LogP contribution in [0.15, 0.2) is 42.9 Å². The van der Waals surface area contributed by atoms with E-state index in [2.05, 4.69) is 28.8 Å². The Labute approximate surface area is 151 Å². The summed E-state index contributed by atoms with van der Waals surface area (Å²) in [6, 6.07) is 7.58. The number of amides is 1. The predicted octanol–water partition coefficient (Wildman–Crippen LogP) is 2.81. The van der Waals surface area contributed by atoms with Crippen LogP contribution in [0.3, 0.4) is 0 Å². The number of hydrogen-bond acceptors (Lipinski definition) is 5. The van der Waals surface area contributed by atoms with Crippen LogP contribution in [-0.2, 0) is 4.79 Å². The van der Waals surface area contributed by atoms with Gasteiger partial charge in [-0.05, 0) is 24.3 Å². The van der Waals surface area contributed by atoms with Crippen molar-refractivity contribution in [1.29, 1.82) is 0 Å². The molecule has 1 aliphatic rings. The molecule has 1 aliphatic heterocycles. The Balaban J connectivity index is 1.79. The highest BCUT2D eigenvalue weighted by Gasteiger charge is 2.23. The number of benzene rings is 1. The summed E-state index contributed by atoms with van der Waals surface area (Å²) in [6.07, 6.45) is 5.36. The lowest BCUT2D eigenvalue weighted by Gasteiger charge is -2.26. The van der Waals surface area contributed by atoms with E-state index in [4.69, 9.17) is 4.74 Å². The fourth-order valence-corrected chi connectivity index (χ4v) is 2.89. The van der Waals surface area contributed by atoms with Crippen molar-refractivity contribution in [3.05, 3.63) is 48.7 Å². The summed E-state index contributed by atoms with van der Waals surface area (Å²) in [5, 5.41) is 0. The van der Waals surface area contributed by atoms with Crippen molar-refractivity contribution in [2.45, 2.75) is 19.8 Å². The third-order valence-corrected chi connectivity index (χ3v) is 4.37. The summed E-state index contributed by atoms with van der Waals surface area (Å²) in [7, 11) is 1.75. The second kappa shape index (κ2) is 6.25. The molecule has 3 heterocycles. The number of rotatable bonds is 3. The van der Waals surface area contributed by atoms with Crippen molar-refractivity contribution in [1.82, 2.24) is 19.5 Å². The Morgan fingerprint density at radius 1 is 1.15 bits per heavy atom. The first-order chi connectivity index (χ1) is 12.5. The number of fused-ring (bicyclic) bond motifs is 1. The van der Waals surface area contributed by atoms with Crippen LogP contribution in [0, 0.1) is 0 Å². The highest BCUT2D eigenvalue weighted by Crippen LogP contribution is 2.34. The number of imidazole rings is 1. The van der Waals surface area contributed by atoms with Gasteiger partial charge in [0.2, 0.25) is 0 Å². The zero-order valence-corrected chi connectivity index (χ0v) is 14.9. The quantitative estimate of drug-likeness (QED) is 0.727. The van der Waals surface area contributed by atoms with Gasteiger partial charge < -0.3 is 9.64 Å². The normalized spacial score (nSPS) is 13.7. The molecule has 132 valence electrons. The summed E-state index contributed by atoms with van der Waals surface area (Å²) < 4.78 is 7.44. The van der Waals surface area contributed by atoms with Crippen molar-refractivity contribution in [2.24, 2.45) is 0 Å². The van der Waals surface area contributed by atoms with Gasteiger partial charge in [0.25, 0.3) is 5.91 Å². The number of carbonyl (C=O) groups excluding carboxylic acids is 1. The van der Waals surface area contributed by atoms with E-state index in [9.17, 15) is 4.79 Å². The van der Waals surface area contributed by atoms with E-state index in [0.717, 1.165) is 28.7 Å². The Hall–Kier alpha value is -3.22. The summed E-state index contributed by atoms with van der Waals surface area (Å²) in [4.78, 5) is 26.9. The average Bonchev–Trinajstić information content (AvgIpc) is 3.14. The summed E-state index contributed by atoms with van der Waals surface area (Å²) in [6.45, 7) is 4.18. The van der Waals surface area contributed by atoms with Gasteiger partial charge in [-0.2, -0.15) is 0 Å². The third kappa shape index (κ3) is 2.71. The van der Waals surface area contributed by atoms with Gasteiger partial charge in [-0.25, -0.2) is 15.0 Å². The maximum Gasteiger partial charge on any atom is 0.264 e. The van der Waals surface area contributed by atoms with Crippen molar-refractivity contribution >= 4 is 11.6 Å². The zero-order chi connectivity index (χ0) is 18.3. The number of carbonyl (C=O) groups is 1. The monoisotopic (exact) mass is 349 g/mol. The van der Waals surface area contributed by atoms with Crippen LogP contribution in [0.25, 0.3) is 17.2 Å². The molecule has 0 radical (unpaired) electrons. The zero-order valence-electron chi connectivity index (χ0n) is 14.9. The lowest BCUT2D eigenvalue weighted by molar-refractivity contribution is -0.120. The average molecular weight is 349 g/mol. The standard InChI is InChI=1S/C19H19N5O2/c1-12(2)18-20-7-6-14(22-18)19-21-8-9-24(19)13-4-5-16-15(10-13)23(3)17(25)11-26-16/h4-10,12H,11H2,1-3H3. The molecule has 0 spiro atoms. The number of ether oxygens (including phenoxy) is 1. The maximum absolute atomic E-state index is 11.9. The van der Waals surface area contributed by atoms with Gasteiger partial charge in [0, 0.05) is 37.2 Å². The van der Waals surface area contributed by atoms with E-state index in [1.807, 2.05) is 35.0 Å². The molecule has 0 saturated carbocycles. The van der Waals surface area contributed by atoms with E-state index in [1.54, 1.807) is 24.3 Å². The molecule has 0 saturated heterocycles. The molecule has 7 nitrogen and oxygen atoms in total. The van der Waals surface area contributed by atoms with Gasteiger partial charge in [-0.3, -0.25) is 9.36 Å². The van der Waals surface area contributed by atoms with Crippen LogP contribution in [0.1, 0.15) is 25.6 Å². The van der Waals surface area contributed by atoms with E-state index in [1.165, 1.54) is 0 Å². The van der Waals surface area contributed by atoms with E-state index in [0.29, 0.717) is 5.75 Å². The Bertz CT molecular complexity index is 980. The first kappa shape index (κ1) is 16.3. The number of anilines is 1. The lowest BCUT2D eigenvalue weighted by Crippen LogP contribution is -2.35. The first-order valence-corrected chi connectivity index (χ1v) is 8.45. The van der Waals surface area contributed by atoms with Crippen LogP contribution in [-0.4, -0.2) is 39.1 Å². The fourth-order valence-electron chi connectivity index (χ4n) is 2.89. The number of aromatic nitrogens is 4. The molecular formula is C19H19N5O2. The number of nitrogens with zero attached hydrogens (tertiary/aromatic N) is 5. The molecular weight excluding hydrogens is 330 g/mol. The Morgan fingerprint density at radius 3 is 2.81 bits per heavy atom. The highest BCUT2D eigenvalue weighted by molar-refractivity contribution is 5.97. The van der Waals surface area contributed by atoms with E-state index >= 15 is 0 Å². The van der Waals surface area contributed by atoms with Crippen LogP contribution in [0.5, 0.6) is 5.75 Å². The number of hydrogen-bond donors (Lipinski definition) is 0. The fraction of sp³-hybridized carbons (Fsp3) is 0.263. The molecule has 3 aromatic rings. The molecule has 26 heavy (non-hydrogen) atoms. The van der Waals surface area contributed by atoms with Crippen molar-refractivity contribution in [3.63, 3.8) is 0 Å². The summed E-state index contributed by atoms with van der Waals surface area (Å²) in [5.74, 6) is 2.36. The molecule has 0 bridgehead atoms. The van der Waals surface area contributed by atoms with Crippen molar-refractivity contribution in [3.8, 4) is 23.0 Å². The molecule has 0 aliphatic carbocycles. The van der Waals surface area contributed by atoms with Gasteiger partial charge in [0.15, 0.2) is 12.4 Å². The van der Waals surface area contributed by atoms with Gasteiger partial charge >= 0.3 is 0 Å². The largest absolute Gasteiger partial charge is 0.482 e. The van der Waals surface area contributed by atoms with Crippen LogP contribution in [0.2, 0.25) is 0 Å². The minimum Gasteiger partial charge on any atom is -0.482 e.